The second kappa shape index (κ2) is 6.01. The van der Waals surface area contributed by atoms with E-state index in [1.54, 1.807) is 6.07 Å². The van der Waals surface area contributed by atoms with Gasteiger partial charge in [-0.25, -0.2) is 0 Å². The first-order chi connectivity index (χ1) is 5.75. The molecule has 0 amide bonds. The third kappa shape index (κ3) is 3.37. The van der Waals surface area contributed by atoms with Gasteiger partial charge in [-0.1, -0.05) is 12.1 Å². The van der Waals surface area contributed by atoms with Crippen molar-refractivity contribution in [2.75, 3.05) is 5.43 Å². The van der Waals surface area contributed by atoms with Gasteiger partial charge in [-0.2, -0.15) is 0 Å². The van der Waals surface area contributed by atoms with E-state index in [0.717, 1.165) is 0 Å². The molecule has 1 N–H and O–H groups in total. The summed E-state index contributed by atoms with van der Waals surface area (Å²) in [5.41, 5.74) is 2.12. The fourth-order valence-corrected chi connectivity index (χ4v) is 0.781. The summed E-state index contributed by atoms with van der Waals surface area (Å²) in [4.78, 5) is 9.78. The zero-order valence-corrected chi connectivity index (χ0v) is 10.1. The van der Waals surface area contributed by atoms with E-state index in [1.807, 2.05) is 0 Å². The Kier molecular flexibility index (Phi) is 5.77. The molecule has 0 aliphatic carbocycles. The van der Waals surface area contributed by atoms with Gasteiger partial charge in [0.15, 0.2) is 5.69 Å². The summed E-state index contributed by atoms with van der Waals surface area (Å²) in [6.45, 7) is 0. The fraction of sp³-hybridized carbons (Fsp3) is 0. The van der Waals surface area contributed by atoms with Crippen LogP contribution in [0, 0.1) is 15.5 Å². The van der Waals surface area contributed by atoms with Crippen LogP contribution in [0.5, 0.6) is 0 Å². The zero-order valence-electron chi connectivity index (χ0n) is 7.97. The summed E-state index contributed by atoms with van der Waals surface area (Å²) in [5.74, 6) is 0. The minimum atomic E-state index is -0.562. The second-order valence-corrected chi connectivity index (χ2v) is 1.99. The number of diazo groups is 1. The molecule has 0 saturated heterocycles. The molecule has 0 spiro atoms. The summed E-state index contributed by atoms with van der Waals surface area (Å²) in [5, 5.41) is 21.1. The third-order valence-corrected chi connectivity index (χ3v) is 1.27. The first-order valence-electron chi connectivity index (χ1n) is 3.09. The van der Waals surface area contributed by atoms with Crippen molar-refractivity contribution < 1.29 is 57.7 Å². The van der Waals surface area contributed by atoms with Crippen molar-refractivity contribution in [3.05, 3.63) is 39.5 Å². The zero-order chi connectivity index (χ0) is 8.97. The van der Waals surface area contributed by atoms with Gasteiger partial charge >= 0.3 is 56.5 Å². The maximum absolute atomic E-state index is 10.3. The molecule has 0 aromatic heterocycles. The van der Waals surface area contributed by atoms with Crippen LogP contribution in [0.1, 0.15) is 1.43 Å². The Morgan fingerprint density at radius 3 is 2.69 bits per heavy atom. The molecule has 0 bridgehead atoms. The molecule has 1 rings (SSSR count). The van der Waals surface area contributed by atoms with Crippen LogP contribution in [0.25, 0.3) is 5.08 Å². The van der Waals surface area contributed by atoms with Crippen molar-refractivity contribution in [1.29, 1.82) is 5.39 Å². The van der Waals surface area contributed by atoms with Crippen molar-refractivity contribution in [1.82, 2.24) is 0 Å². The molecule has 0 atom stereocenters. The SMILES string of the molecule is N#[N+]Nc1ccccc1[N+](=O)[O-].[H-].[K+]. The number of nitro groups is 1. The number of hydrogen-bond donors (Lipinski definition) is 1. The molecular weight excluding hydrogens is 199 g/mol. The molecule has 6 nitrogen and oxygen atoms in total. The van der Waals surface area contributed by atoms with Crippen molar-refractivity contribution >= 4 is 11.4 Å². The largest absolute Gasteiger partial charge is 1.00 e. The third-order valence-electron chi connectivity index (χ3n) is 1.27. The predicted molar refractivity (Wildman–Crippen MR) is 42.9 cm³/mol. The Bertz CT molecular complexity index is 354. The maximum atomic E-state index is 10.3. The maximum Gasteiger partial charge on any atom is 1.00 e. The fourth-order valence-electron chi connectivity index (χ4n) is 0.781. The molecule has 0 radical (unpaired) electrons. The molecule has 1 aromatic carbocycles. The molecule has 62 valence electrons. The van der Waals surface area contributed by atoms with Crippen LogP contribution < -0.4 is 56.8 Å². The monoisotopic (exact) mass is 205 g/mol. The average molecular weight is 205 g/mol. The van der Waals surface area contributed by atoms with E-state index >= 15 is 0 Å². The number of nitrogens with zero attached hydrogens (tertiary/aromatic N) is 3. The molecule has 0 aliphatic heterocycles. The van der Waals surface area contributed by atoms with Crippen LogP contribution in [-0.4, -0.2) is 4.92 Å². The molecule has 0 heterocycles. The second-order valence-electron chi connectivity index (χ2n) is 1.99. The van der Waals surface area contributed by atoms with Crippen molar-refractivity contribution in [3.63, 3.8) is 0 Å². The Labute approximate surface area is 118 Å². The number of benzene rings is 1. The standard InChI is InChI=1S/C6H5N4O2.K.H/c7-9-8-5-3-1-2-4-6(5)10(11)12;;/h1-4,8H;;/q2*+1;-1. The summed E-state index contributed by atoms with van der Waals surface area (Å²) in [7, 11) is 0. The Morgan fingerprint density at radius 2 is 2.15 bits per heavy atom. The van der Waals surface area contributed by atoms with Gasteiger partial charge in [0.1, 0.15) is 0 Å². The normalized spacial score (nSPS) is 7.92. The van der Waals surface area contributed by atoms with Crippen molar-refractivity contribution in [3.8, 4) is 0 Å². The summed E-state index contributed by atoms with van der Waals surface area (Å²) in [6, 6.07) is 5.88. The van der Waals surface area contributed by atoms with Crippen LogP contribution in [0.2, 0.25) is 0 Å². The molecule has 0 fully saturated rings. The van der Waals surface area contributed by atoms with Gasteiger partial charge in [-0.15, -0.1) is 0 Å². The van der Waals surface area contributed by atoms with Crippen LogP contribution in [0.15, 0.2) is 24.3 Å². The topological polar surface area (TPSA) is 83.3 Å². The van der Waals surface area contributed by atoms with Crippen LogP contribution in [0.4, 0.5) is 11.4 Å². The van der Waals surface area contributed by atoms with Gasteiger partial charge in [0.25, 0.3) is 11.1 Å². The minimum Gasteiger partial charge on any atom is -1.00 e. The average Bonchev–Trinajstić information content (AvgIpc) is 2.05. The quantitative estimate of drug-likeness (QED) is 0.287. The molecule has 13 heavy (non-hydrogen) atoms. The number of nitrogens with one attached hydrogen (secondary N) is 1. The van der Waals surface area contributed by atoms with E-state index in [1.165, 1.54) is 18.2 Å². The van der Waals surface area contributed by atoms with Gasteiger partial charge in [0, 0.05) is 6.07 Å². The summed E-state index contributed by atoms with van der Waals surface area (Å²) < 4.78 is 0. The number of nitro benzene ring substituents is 1. The van der Waals surface area contributed by atoms with Gasteiger partial charge in [-0.3, -0.25) is 10.1 Å². The minimum absolute atomic E-state index is 0. The van der Waals surface area contributed by atoms with E-state index in [2.05, 4.69) is 10.5 Å². The first kappa shape index (κ1) is 12.5. The summed E-state index contributed by atoms with van der Waals surface area (Å²) >= 11 is 0. The predicted octanol–water partition coefficient (Wildman–Crippen LogP) is -1.11. The van der Waals surface area contributed by atoms with Gasteiger partial charge in [0.2, 0.25) is 0 Å². The van der Waals surface area contributed by atoms with Gasteiger partial charge < -0.3 is 1.43 Å². The Balaban J connectivity index is 0. The van der Waals surface area contributed by atoms with E-state index in [0.29, 0.717) is 0 Å². The van der Waals surface area contributed by atoms with E-state index in [9.17, 15) is 10.1 Å². The Morgan fingerprint density at radius 1 is 1.54 bits per heavy atom. The molecule has 0 saturated carbocycles. The van der Waals surface area contributed by atoms with Crippen LogP contribution >= 0.6 is 0 Å². The number of rotatable bonds is 2. The Hall–Kier alpha value is -0.524. The first-order valence-corrected chi connectivity index (χ1v) is 3.09. The van der Waals surface area contributed by atoms with Crippen LogP contribution in [0.3, 0.4) is 0 Å². The number of hydrogen-bond acceptors (Lipinski definition) is 4. The molecule has 1 aromatic rings. The smallest absolute Gasteiger partial charge is 1.00 e. The molecule has 0 aliphatic rings. The molecular formula is C6H6KN4O2+. The van der Waals surface area contributed by atoms with E-state index in [4.69, 9.17) is 5.39 Å². The van der Waals surface area contributed by atoms with Crippen LogP contribution in [-0.2, 0) is 0 Å². The van der Waals surface area contributed by atoms with Crippen molar-refractivity contribution in [2.45, 2.75) is 0 Å². The molecule has 0 unspecified atom stereocenters. The summed E-state index contributed by atoms with van der Waals surface area (Å²) in [6.07, 6.45) is 0. The van der Waals surface area contributed by atoms with Gasteiger partial charge in [0.05, 0.1) is 4.92 Å². The van der Waals surface area contributed by atoms with E-state index in [-0.39, 0.29) is 64.2 Å². The van der Waals surface area contributed by atoms with Crippen molar-refractivity contribution in [2.24, 2.45) is 0 Å². The van der Waals surface area contributed by atoms with Gasteiger partial charge in [-0.05, 0) is 11.5 Å². The number of anilines is 1. The number of para-hydroxylation sites is 2. The molecule has 7 heteroatoms. The van der Waals surface area contributed by atoms with E-state index < -0.39 is 4.92 Å².